The Morgan fingerprint density at radius 2 is 1.50 bits per heavy atom. The number of ether oxygens (including phenoxy) is 2. The van der Waals surface area contributed by atoms with E-state index in [0.717, 1.165) is 12.8 Å². The lowest BCUT2D eigenvalue weighted by Crippen LogP contribution is -2.41. The van der Waals surface area contributed by atoms with Crippen molar-refractivity contribution in [1.29, 1.82) is 0 Å². The summed E-state index contributed by atoms with van der Waals surface area (Å²) < 4.78 is 11.0. The summed E-state index contributed by atoms with van der Waals surface area (Å²) in [5.74, 6) is 0. The van der Waals surface area contributed by atoms with Crippen LogP contribution in [0.2, 0.25) is 0 Å². The normalized spacial score (nSPS) is 23.6. The van der Waals surface area contributed by atoms with E-state index in [1.54, 1.807) is 0 Å². The highest BCUT2D eigenvalue weighted by molar-refractivity contribution is 4.88. The first-order valence-electron chi connectivity index (χ1n) is 11.6. The monoisotopic (exact) mass is 400 g/mol. The molecule has 0 unspecified atom stereocenters. The van der Waals surface area contributed by atoms with Gasteiger partial charge in [0.15, 0.2) is 0 Å². The van der Waals surface area contributed by atoms with Crippen molar-refractivity contribution < 1.29 is 24.8 Å². The van der Waals surface area contributed by atoms with Gasteiger partial charge in [0.05, 0.1) is 13.2 Å². The SMILES string of the molecule is CCCCC/C=C/CCCCCCCCCCO[C@H]1CO[C@H]([C@H](O)CO)[C@@H]1O. The highest BCUT2D eigenvalue weighted by atomic mass is 16.6. The van der Waals surface area contributed by atoms with Crippen molar-refractivity contribution in [2.45, 2.75) is 115 Å². The maximum Gasteiger partial charge on any atom is 0.114 e. The molecule has 1 heterocycles. The van der Waals surface area contributed by atoms with Crippen LogP contribution in [-0.4, -0.2) is 59.6 Å². The molecule has 5 heteroatoms. The molecule has 5 nitrogen and oxygen atoms in total. The second kappa shape index (κ2) is 17.4. The first kappa shape index (κ1) is 25.6. The quantitative estimate of drug-likeness (QED) is 0.238. The van der Waals surface area contributed by atoms with E-state index in [9.17, 15) is 10.2 Å². The average Bonchev–Trinajstić information content (AvgIpc) is 3.07. The molecule has 0 radical (unpaired) electrons. The molecule has 3 N–H and O–H groups in total. The summed E-state index contributed by atoms with van der Waals surface area (Å²) in [6.07, 6.45) is 18.1. The molecule has 0 aromatic heterocycles. The standard InChI is InChI=1S/C23H44O5/c1-2-3-4-5-6-7-8-9-10-11-12-13-14-15-16-17-27-21-19-28-23(22(21)26)20(25)18-24/h6-7,20-26H,2-5,8-19H2,1H3/b7-6+/t20-,21+,22-,23-/m1/s1. The first-order chi connectivity index (χ1) is 13.7. The summed E-state index contributed by atoms with van der Waals surface area (Å²) in [7, 11) is 0. The van der Waals surface area contributed by atoms with Gasteiger partial charge in [-0.25, -0.2) is 0 Å². The Morgan fingerprint density at radius 3 is 2.11 bits per heavy atom. The van der Waals surface area contributed by atoms with E-state index >= 15 is 0 Å². The van der Waals surface area contributed by atoms with Crippen LogP contribution in [-0.2, 0) is 9.47 Å². The van der Waals surface area contributed by atoms with Crippen LogP contribution in [0.3, 0.4) is 0 Å². The Labute approximate surface area is 172 Å². The molecule has 1 aliphatic rings. The van der Waals surface area contributed by atoms with Gasteiger partial charge >= 0.3 is 0 Å². The molecule has 0 saturated carbocycles. The Bertz CT molecular complexity index is 374. The zero-order valence-electron chi connectivity index (χ0n) is 17.9. The molecule has 4 atom stereocenters. The zero-order valence-corrected chi connectivity index (χ0v) is 17.9. The fourth-order valence-corrected chi connectivity index (χ4v) is 3.61. The van der Waals surface area contributed by atoms with E-state index < -0.39 is 31.0 Å². The van der Waals surface area contributed by atoms with Crippen LogP contribution in [0.5, 0.6) is 0 Å². The summed E-state index contributed by atoms with van der Waals surface area (Å²) in [5, 5.41) is 28.6. The van der Waals surface area contributed by atoms with Crippen LogP contribution in [0.1, 0.15) is 90.4 Å². The number of unbranched alkanes of at least 4 members (excludes halogenated alkanes) is 11. The number of hydrogen-bond donors (Lipinski definition) is 3. The van der Waals surface area contributed by atoms with E-state index in [-0.39, 0.29) is 6.61 Å². The van der Waals surface area contributed by atoms with Gasteiger partial charge < -0.3 is 24.8 Å². The third-order valence-corrected chi connectivity index (χ3v) is 5.47. The van der Waals surface area contributed by atoms with Crippen LogP contribution in [0, 0.1) is 0 Å². The molecule has 1 rings (SSSR count). The Balaban J connectivity index is 1.84. The van der Waals surface area contributed by atoms with E-state index in [2.05, 4.69) is 19.1 Å². The third kappa shape index (κ3) is 11.5. The van der Waals surface area contributed by atoms with Crippen LogP contribution in [0.15, 0.2) is 12.2 Å². The maximum absolute atomic E-state index is 10.1. The smallest absolute Gasteiger partial charge is 0.114 e. The van der Waals surface area contributed by atoms with E-state index in [1.165, 1.54) is 70.6 Å². The van der Waals surface area contributed by atoms with Crippen LogP contribution >= 0.6 is 0 Å². The lowest BCUT2D eigenvalue weighted by Gasteiger charge is -2.20. The summed E-state index contributed by atoms with van der Waals surface area (Å²) in [6, 6.07) is 0. The highest BCUT2D eigenvalue weighted by Gasteiger charge is 2.40. The minimum atomic E-state index is -1.05. The van der Waals surface area contributed by atoms with Gasteiger partial charge in [-0.15, -0.1) is 0 Å². The molecule has 1 saturated heterocycles. The van der Waals surface area contributed by atoms with Gasteiger partial charge in [0.1, 0.15) is 24.4 Å². The summed E-state index contributed by atoms with van der Waals surface area (Å²) in [6.45, 7) is 2.72. The van der Waals surface area contributed by atoms with Gasteiger partial charge in [-0.05, 0) is 32.1 Å². The second-order valence-corrected chi connectivity index (χ2v) is 8.03. The molecule has 0 aromatic carbocycles. The van der Waals surface area contributed by atoms with Gasteiger partial charge in [-0.1, -0.05) is 70.4 Å². The molecule has 0 spiro atoms. The Morgan fingerprint density at radius 1 is 0.929 bits per heavy atom. The fraction of sp³-hybridized carbons (Fsp3) is 0.913. The van der Waals surface area contributed by atoms with Crippen molar-refractivity contribution in [2.24, 2.45) is 0 Å². The van der Waals surface area contributed by atoms with Gasteiger partial charge in [-0.2, -0.15) is 0 Å². The van der Waals surface area contributed by atoms with Crippen molar-refractivity contribution in [2.75, 3.05) is 19.8 Å². The molecule has 1 aliphatic heterocycles. The predicted octanol–water partition coefficient (Wildman–Crippen LogP) is 4.13. The molecule has 0 aromatic rings. The lowest BCUT2D eigenvalue weighted by atomic mass is 10.1. The number of hydrogen-bond acceptors (Lipinski definition) is 5. The van der Waals surface area contributed by atoms with Crippen LogP contribution in [0.4, 0.5) is 0 Å². The van der Waals surface area contributed by atoms with Gasteiger partial charge in [0, 0.05) is 6.61 Å². The van der Waals surface area contributed by atoms with Crippen molar-refractivity contribution in [3.8, 4) is 0 Å². The minimum Gasteiger partial charge on any atom is -0.394 e. The molecular formula is C23H44O5. The predicted molar refractivity (Wildman–Crippen MR) is 113 cm³/mol. The minimum absolute atomic E-state index is 0.275. The maximum atomic E-state index is 10.1. The molecule has 28 heavy (non-hydrogen) atoms. The largest absolute Gasteiger partial charge is 0.394 e. The molecule has 1 fully saturated rings. The first-order valence-corrected chi connectivity index (χ1v) is 11.6. The summed E-state index contributed by atoms with van der Waals surface area (Å²) in [5.41, 5.74) is 0. The van der Waals surface area contributed by atoms with E-state index in [4.69, 9.17) is 14.6 Å². The van der Waals surface area contributed by atoms with Crippen molar-refractivity contribution in [3.05, 3.63) is 12.2 Å². The fourth-order valence-electron chi connectivity index (χ4n) is 3.61. The van der Waals surface area contributed by atoms with Gasteiger partial charge in [-0.3, -0.25) is 0 Å². The lowest BCUT2D eigenvalue weighted by molar-refractivity contribution is -0.0730. The van der Waals surface area contributed by atoms with Crippen molar-refractivity contribution in [3.63, 3.8) is 0 Å². The van der Waals surface area contributed by atoms with Gasteiger partial charge in [0.2, 0.25) is 0 Å². The molecule has 0 bridgehead atoms. The number of rotatable bonds is 18. The molecule has 166 valence electrons. The average molecular weight is 401 g/mol. The van der Waals surface area contributed by atoms with Crippen LogP contribution < -0.4 is 0 Å². The van der Waals surface area contributed by atoms with Crippen LogP contribution in [0.25, 0.3) is 0 Å². The highest BCUT2D eigenvalue weighted by Crippen LogP contribution is 2.20. The van der Waals surface area contributed by atoms with Crippen molar-refractivity contribution >= 4 is 0 Å². The number of allylic oxidation sites excluding steroid dienone is 2. The second-order valence-electron chi connectivity index (χ2n) is 8.03. The Kier molecular flexibility index (Phi) is 15.9. The third-order valence-electron chi connectivity index (χ3n) is 5.47. The topological polar surface area (TPSA) is 79.2 Å². The summed E-state index contributed by atoms with van der Waals surface area (Å²) in [4.78, 5) is 0. The summed E-state index contributed by atoms with van der Waals surface area (Å²) >= 11 is 0. The van der Waals surface area contributed by atoms with Crippen molar-refractivity contribution in [1.82, 2.24) is 0 Å². The number of aliphatic hydroxyl groups is 3. The zero-order chi connectivity index (χ0) is 20.5. The van der Waals surface area contributed by atoms with E-state index in [0.29, 0.717) is 6.61 Å². The molecule has 0 amide bonds. The molecule has 0 aliphatic carbocycles. The number of aliphatic hydroxyl groups excluding tert-OH is 3. The molecular weight excluding hydrogens is 356 g/mol. The Hall–Kier alpha value is -0.460. The van der Waals surface area contributed by atoms with E-state index in [1.807, 2.05) is 0 Å². The van der Waals surface area contributed by atoms with Gasteiger partial charge in [0.25, 0.3) is 0 Å².